The molecule has 2 fully saturated rings. The van der Waals surface area contributed by atoms with Crippen LogP contribution in [-0.4, -0.2) is 35.2 Å². The molecule has 3 rings (SSSR count). The van der Waals surface area contributed by atoms with Crippen LogP contribution in [0.25, 0.3) is 0 Å². The van der Waals surface area contributed by atoms with Gasteiger partial charge in [-0.05, 0) is 43.4 Å². The fourth-order valence-electron chi connectivity index (χ4n) is 4.53. The Morgan fingerprint density at radius 1 is 1.29 bits per heavy atom. The number of ether oxygens (including phenoxy) is 1. The van der Waals surface area contributed by atoms with Crippen LogP contribution in [0.3, 0.4) is 0 Å². The molecular formula is C20H29NO3. The topological polar surface area (TPSA) is 49.8 Å². The Morgan fingerprint density at radius 2 is 2.04 bits per heavy atom. The highest BCUT2D eigenvalue weighted by atomic mass is 16.5. The number of hydrogen-bond donors (Lipinski definition) is 1. The molecule has 4 nitrogen and oxygen atoms in total. The molecule has 1 saturated carbocycles. The number of carbonyl (C=O) groups is 1. The molecule has 1 heterocycles. The number of rotatable bonds is 4. The van der Waals surface area contributed by atoms with Gasteiger partial charge in [-0.25, -0.2) is 0 Å². The van der Waals surface area contributed by atoms with Gasteiger partial charge >= 0.3 is 0 Å². The lowest BCUT2D eigenvalue weighted by Crippen LogP contribution is -2.56. The van der Waals surface area contributed by atoms with Gasteiger partial charge in [0, 0.05) is 18.9 Å². The summed E-state index contributed by atoms with van der Waals surface area (Å²) in [5.74, 6) is 1.17. The van der Waals surface area contributed by atoms with Crippen molar-refractivity contribution in [1.82, 2.24) is 4.90 Å². The van der Waals surface area contributed by atoms with Gasteiger partial charge in [-0.2, -0.15) is 0 Å². The van der Waals surface area contributed by atoms with E-state index in [1.165, 1.54) is 0 Å². The first-order valence-electron chi connectivity index (χ1n) is 9.25. The molecule has 0 bridgehead atoms. The van der Waals surface area contributed by atoms with Gasteiger partial charge in [-0.15, -0.1) is 0 Å². The predicted molar refractivity (Wildman–Crippen MR) is 93.9 cm³/mol. The van der Waals surface area contributed by atoms with Crippen molar-refractivity contribution in [2.24, 2.45) is 5.92 Å². The molecule has 0 spiro atoms. The average molecular weight is 331 g/mol. The number of hydrogen-bond acceptors (Lipinski definition) is 3. The van der Waals surface area contributed by atoms with E-state index < -0.39 is 5.60 Å². The summed E-state index contributed by atoms with van der Waals surface area (Å²) in [4.78, 5) is 14.7. The first-order chi connectivity index (χ1) is 11.6. The zero-order valence-corrected chi connectivity index (χ0v) is 14.8. The second kappa shape index (κ2) is 7.14. The molecule has 0 unspecified atom stereocenters. The van der Waals surface area contributed by atoms with Crippen LogP contribution in [0.2, 0.25) is 0 Å². The van der Waals surface area contributed by atoms with Crippen LogP contribution in [0.1, 0.15) is 63.5 Å². The van der Waals surface area contributed by atoms with E-state index in [9.17, 15) is 9.90 Å². The molecule has 2 aliphatic rings. The van der Waals surface area contributed by atoms with Crippen LogP contribution < -0.4 is 4.74 Å². The van der Waals surface area contributed by atoms with Crippen LogP contribution in [0.4, 0.5) is 0 Å². The zero-order chi connectivity index (χ0) is 17.2. The minimum atomic E-state index is -0.619. The van der Waals surface area contributed by atoms with Crippen molar-refractivity contribution in [3.63, 3.8) is 0 Å². The standard InChI is InChI=1S/C20H29NO3/c1-3-6-18(22)21-14-13-20(23)12-5-4-7-17(20)19(21)15-8-10-16(24-2)11-9-15/h8-11,17,19,23H,3-7,12-14H2,1-2H3/t17-,19-,20+/m0/s1. The Balaban J connectivity index is 1.96. The van der Waals surface area contributed by atoms with Crippen molar-refractivity contribution in [2.45, 2.75) is 63.5 Å². The third kappa shape index (κ3) is 3.16. The maximum atomic E-state index is 12.7. The van der Waals surface area contributed by atoms with Crippen LogP contribution in [0.5, 0.6) is 5.75 Å². The van der Waals surface area contributed by atoms with Crippen molar-refractivity contribution < 1.29 is 14.6 Å². The van der Waals surface area contributed by atoms with Crippen LogP contribution in [-0.2, 0) is 4.79 Å². The number of benzene rings is 1. The Labute approximate surface area is 144 Å². The van der Waals surface area contributed by atoms with Gasteiger partial charge in [-0.1, -0.05) is 31.9 Å². The molecule has 3 atom stereocenters. The van der Waals surface area contributed by atoms with Gasteiger partial charge in [0.2, 0.25) is 5.91 Å². The summed E-state index contributed by atoms with van der Waals surface area (Å²) in [5.41, 5.74) is 0.497. The summed E-state index contributed by atoms with van der Waals surface area (Å²) in [6.45, 7) is 2.70. The first kappa shape index (κ1) is 17.3. The molecule has 0 aromatic heterocycles. The molecule has 1 aromatic rings. The smallest absolute Gasteiger partial charge is 0.223 e. The highest BCUT2D eigenvalue weighted by Crippen LogP contribution is 2.49. The number of carbonyl (C=O) groups excluding carboxylic acids is 1. The lowest BCUT2D eigenvalue weighted by molar-refractivity contribution is -0.155. The second-order valence-electron chi connectivity index (χ2n) is 7.26. The van der Waals surface area contributed by atoms with E-state index in [0.717, 1.165) is 43.4 Å². The van der Waals surface area contributed by atoms with E-state index >= 15 is 0 Å². The summed E-state index contributed by atoms with van der Waals surface area (Å²) in [5, 5.41) is 11.2. The van der Waals surface area contributed by atoms with Crippen LogP contribution >= 0.6 is 0 Å². The number of nitrogens with zero attached hydrogens (tertiary/aromatic N) is 1. The Bertz CT molecular complexity index is 571. The Morgan fingerprint density at radius 3 is 2.71 bits per heavy atom. The third-order valence-corrected chi connectivity index (χ3v) is 5.81. The number of aliphatic hydroxyl groups is 1. The molecule has 1 aliphatic heterocycles. The Kier molecular flexibility index (Phi) is 5.14. The predicted octanol–water partition coefficient (Wildman–Crippen LogP) is 3.69. The SMILES string of the molecule is CCCC(=O)N1CC[C@]2(O)CCCC[C@H]2[C@@H]1c1ccc(OC)cc1. The molecule has 4 heteroatoms. The number of methoxy groups -OCH3 is 1. The van der Waals surface area contributed by atoms with Crippen molar-refractivity contribution in [3.05, 3.63) is 29.8 Å². The number of piperidine rings is 1. The average Bonchev–Trinajstić information content (AvgIpc) is 2.60. The van der Waals surface area contributed by atoms with E-state index in [0.29, 0.717) is 19.4 Å². The molecular weight excluding hydrogens is 302 g/mol. The molecule has 0 radical (unpaired) electrons. The maximum Gasteiger partial charge on any atom is 0.223 e. The molecule has 1 N–H and O–H groups in total. The van der Waals surface area contributed by atoms with Gasteiger partial charge < -0.3 is 14.7 Å². The van der Waals surface area contributed by atoms with E-state index in [1.807, 2.05) is 24.0 Å². The van der Waals surface area contributed by atoms with Crippen molar-refractivity contribution in [1.29, 1.82) is 0 Å². The highest BCUT2D eigenvalue weighted by molar-refractivity contribution is 5.77. The van der Waals surface area contributed by atoms with Crippen LogP contribution in [0, 0.1) is 5.92 Å². The van der Waals surface area contributed by atoms with E-state index in [1.54, 1.807) is 7.11 Å². The van der Waals surface area contributed by atoms with Crippen molar-refractivity contribution in [3.8, 4) is 5.75 Å². The second-order valence-corrected chi connectivity index (χ2v) is 7.26. The summed E-state index contributed by atoms with van der Waals surface area (Å²) in [6.07, 6.45) is 6.22. The third-order valence-electron chi connectivity index (χ3n) is 5.81. The fourth-order valence-corrected chi connectivity index (χ4v) is 4.53. The van der Waals surface area contributed by atoms with Gasteiger partial charge in [0.25, 0.3) is 0 Å². The fraction of sp³-hybridized carbons (Fsp3) is 0.650. The normalized spacial score (nSPS) is 29.9. The largest absolute Gasteiger partial charge is 0.497 e. The van der Waals surface area contributed by atoms with Crippen molar-refractivity contribution >= 4 is 5.91 Å². The van der Waals surface area contributed by atoms with Gasteiger partial charge in [0.05, 0.1) is 18.8 Å². The lowest BCUT2D eigenvalue weighted by Gasteiger charge is -2.52. The van der Waals surface area contributed by atoms with Gasteiger partial charge in [-0.3, -0.25) is 4.79 Å². The first-order valence-corrected chi connectivity index (χ1v) is 9.25. The lowest BCUT2D eigenvalue weighted by atomic mass is 9.66. The van der Waals surface area contributed by atoms with Gasteiger partial charge in [0.15, 0.2) is 0 Å². The maximum absolute atomic E-state index is 12.7. The quantitative estimate of drug-likeness (QED) is 0.915. The van der Waals surface area contributed by atoms with E-state index in [4.69, 9.17) is 4.74 Å². The molecule has 1 saturated heterocycles. The van der Waals surface area contributed by atoms with Crippen molar-refractivity contribution in [2.75, 3.05) is 13.7 Å². The summed E-state index contributed by atoms with van der Waals surface area (Å²) < 4.78 is 5.27. The van der Waals surface area contributed by atoms with E-state index in [2.05, 4.69) is 12.1 Å². The summed E-state index contributed by atoms with van der Waals surface area (Å²) in [7, 11) is 1.66. The number of likely N-dealkylation sites (tertiary alicyclic amines) is 1. The summed E-state index contributed by atoms with van der Waals surface area (Å²) >= 11 is 0. The molecule has 1 aromatic carbocycles. The number of amides is 1. The minimum Gasteiger partial charge on any atom is -0.497 e. The Hall–Kier alpha value is -1.55. The molecule has 132 valence electrons. The number of fused-ring (bicyclic) bond motifs is 1. The van der Waals surface area contributed by atoms with E-state index in [-0.39, 0.29) is 17.9 Å². The van der Waals surface area contributed by atoms with Crippen LogP contribution in [0.15, 0.2) is 24.3 Å². The van der Waals surface area contributed by atoms with Gasteiger partial charge in [0.1, 0.15) is 5.75 Å². The monoisotopic (exact) mass is 331 g/mol. The molecule has 24 heavy (non-hydrogen) atoms. The zero-order valence-electron chi connectivity index (χ0n) is 14.8. The molecule has 1 aliphatic carbocycles. The molecule has 1 amide bonds. The summed E-state index contributed by atoms with van der Waals surface area (Å²) in [6, 6.07) is 7.99. The minimum absolute atomic E-state index is 0.0194. The highest BCUT2D eigenvalue weighted by Gasteiger charge is 2.49.